The van der Waals surface area contributed by atoms with Crippen molar-refractivity contribution in [1.29, 1.82) is 0 Å². The lowest BCUT2D eigenvalue weighted by molar-refractivity contribution is 0.134. The maximum absolute atomic E-state index is 5.32. The second-order valence-corrected chi connectivity index (χ2v) is 5.98. The van der Waals surface area contributed by atoms with E-state index in [1.807, 2.05) is 0 Å². The summed E-state index contributed by atoms with van der Waals surface area (Å²) in [4.78, 5) is 0. The fourth-order valence-electron chi connectivity index (χ4n) is 3.71. The van der Waals surface area contributed by atoms with Gasteiger partial charge in [0.15, 0.2) is 0 Å². The number of ether oxygens (including phenoxy) is 1. The maximum Gasteiger partial charge on any atom is 0.0615 e. The van der Waals surface area contributed by atoms with E-state index in [1.165, 1.54) is 45.1 Å². The van der Waals surface area contributed by atoms with Gasteiger partial charge in [-0.2, -0.15) is 0 Å². The summed E-state index contributed by atoms with van der Waals surface area (Å²) in [6.07, 6.45) is 9.47. The molecule has 0 amide bonds. The molecular formula is C15H30N2O. The minimum atomic E-state index is 0.530. The summed E-state index contributed by atoms with van der Waals surface area (Å²) < 4.78 is 5.32. The zero-order chi connectivity index (χ0) is 12.8. The molecule has 106 valence electrons. The van der Waals surface area contributed by atoms with Crippen LogP contribution in [0.25, 0.3) is 0 Å². The molecule has 0 aromatic carbocycles. The van der Waals surface area contributed by atoms with E-state index in [0.29, 0.717) is 12.1 Å². The van der Waals surface area contributed by atoms with Crippen molar-refractivity contribution in [3.05, 3.63) is 0 Å². The van der Waals surface area contributed by atoms with Gasteiger partial charge in [-0.05, 0) is 44.6 Å². The van der Waals surface area contributed by atoms with Gasteiger partial charge in [0.05, 0.1) is 6.61 Å². The molecule has 0 aromatic rings. The number of hydrogen-bond acceptors (Lipinski definition) is 3. The second kappa shape index (κ2) is 7.46. The molecule has 4 atom stereocenters. The van der Waals surface area contributed by atoms with Crippen LogP contribution in [0.4, 0.5) is 0 Å². The normalized spacial score (nSPS) is 34.7. The molecule has 1 saturated carbocycles. The molecule has 1 heterocycles. The highest BCUT2D eigenvalue weighted by Crippen LogP contribution is 2.31. The highest BCUT2D eigenvalue weighted by atomic mass is 16.5. The Morgan fingerprint density at radius 3 is 2.72 bits per heavy atom. The molecule has 4 unspecified atom stereocenters. The van der Waals surface area contributed by atoms with Crippen LogP contribution in [0.15, 0.2) is 0 Å². The van der Waals surface area contributed by atoms with E-state index in [2.05, 4.69) is 17.6 Å². The third-order valence-electron chi connectivity index (χ3n) is 4.75. The van der Waals surface area contributed by atoms with Gasteiger partial charge < -0.3 is 15.4 Å². The van der Waals surface area contributed by atoms with Crippen LogP contribution in [-0.4, -0.2) is 38.4 Å². The molecule has 18 heavy (non-hydrogen) atoms. The average Bonchev–Trinajstić information content (AvgIpc) is 2.92. The molecule has 0 bridgehead atoms. The third kappa shape index (κ3) is 3.69. The average molecular weight is 254 g/mol. The molecule has 1 saturated heterocycles. The van der Waals surface area contributed by atoms with Gasteiger partial charge in [0.2, 0.25) is 0 Å². The van der Waals surface area contributed by atoms with E-state index in [9.17, 15) is 0 Å². The van der Waals surface area contributed by atoms with Crippen LogP contribution >= 0.6 is 0 Å². The van der Waals surface area contributed by atoms with Crippen molar-refractivity contribution in [2.45, 2.75) is 70.0 Å². The largest absolute Gasteiger partial charge is 0.383 e. The lowest BCUT2D eigenvalue weighted by atomic mass is 9.79. The molecule has 1 aliphatic heterocycles. The van der Waals surface area contributed by atoms with Gasteiger partial charge in [0, 0.05) is 25.2 Å². The van der Waals surface area contributed by atoms with Gasteiger partial charge in [-0.15, -0.1) is 0 Å². The van der Waals surface area contributed by atoms with Crippen molar-refractivity contribution in [2.75, 3.05) is 20.3 Å². The monoisotopic (exact) mass is 254 g/mol. The molecule has 0 aromatic heterocycles. The van der Waals surface area contributed by atoms with Crippen LogP contribution in [0.3, 0.4) is 0 Å². The van der Waals surface area contributed by atoms with Crippen molar-refractivity contribution < 1.29 is 4.74 Å². The second-order valence-electron chi connectivity index (χ2n) is 5.98. The summed E-state index contributed by atoms with van der Waals surface area (Å²) in [6, 6.07) is 2.00. The highest BCUT2D eigenvalue weighted by Gasteiger charge is 2.33. The third-order valence-corrected chi connectivity index (χ3v) is 4.75. The zero-order valence-corrected chi connectivity index (χ0v) is 12.1. The van der Waals surface area contributed by atoms with Crippen LogP contribution in [-0.2, 0) is 4.74 Å². The molecule has 0 radical (unpaired) electrons. The molecule has 2 rings (SSSR count). The first kappa shape index (κ1) is 14.3. The van der Waals surface area contributed by atoms with Crippen LogP contribution < -0.4 is 10.6 Å². The first-order valence-corrected chi connectivity index (χ1v) is 7.83. The molecule has 2 N–H and O–H groups in total. The van der Waals surface area contributed by atoms with Crippen molar-refractivity contribution in [1.82, 2.24) is 10.6 Å². The van der Waals surface area contributed by atoms with Gasteiger partial charge in [-0.3, -0.25) is 0 Å². The fraction of sp³-hybridized carbons (Fsp3) is 1.00. The minimum Gasteiger partial charge on any atom is -0.383 e. The lowest BCUT2D eigenvalue weighted by Crippen LogP contribution is -2.51. The van der Waals surface area contributed by atoms with E-state index >= 15 is 0 Å². The molecule has 3 nitrogen and oxygen atoms in total. The molecule has 2 aliphatic rings. The molecule has 0 spiro atoms. The molecule has 3 heteroatoms. The highest BCUT2D eigenvalue weighted by molar-refractivity contribution is 4.92. The van der Waals surface area contributed by atoms with Crippen molar-refractivity contribution in [3.63, 3.8) is 0 Å². The Bertz CT molecular complexity index is 229. The summed E-state index contributed by atoms with van der Waals surface area (Å²) in [5, 5.41) is 7.58. The molecule has 1 aliphatic carbocycles. The SMILES string of the molecule is CCC(COC)NC1CCCCC1C1CCCN1. The predicted octanol–water partition coefficient (Wildman–Crippen LogP) is 2.31. The number of hydrogen-bond donors (Lipinski definition) is 2. The van der Waals surface area contributed by atoms with Gasteiger partial charge in [0.25, 0.3) is 0 Å². The van der Waals surface area contributed by atoms with Crippen LogP contribution in [0.1, 0.15) is 51.9 Å². The number of methoxy groups -OCH3 is 1. The summed E-state index contributed by atoms with van der Waals surface area (Å²) in [6.45, 7) is 4.32. The van der Waals surface area contributed by atoms with Gasteiger partial charge in [-0.1, -0.05) is 19.8 Å². The van der Waals surface area contributed by atoms with Gasteiger partial charge >= 0.3 is 0 Å². The van der Waals surface area contributed by atoms with E-state index < -0.39 is 0 Å². The summed E-state index contributed by atoms with van der Waals surface area (Å²) >= 11 is 0. The summed E-state index contributed by atoms with van der Waals surface area (Å²) in [5.41, 5.74) is 0. The van der Waals surface area contributed by atoms with E-state index in [1.54, 1.807) is 7.11 Å². The Morgan fingerprint density at radius 2 is 2.06 bits per heavy atom. The van der Waals surface area contributed by atoms with Gasteiger partial charge in [0.1, 0.15) is 0 Å². The van der Waals surface area contributed by atoms with Crippen LogP contribution in [0.5, 0.6) is 0 Å². The Hall–Kier alpha value is -0.120. The fourth-order valence-corrected chi connectivity index (χ4v) is 3.71. The quantitative estimate of drug-likeness (QED) is 0.763. The first-order chi connectivity index (χ1) is 8.85. The van der Waals surface area contributed by atoms with Crippen LogP contribution in [0, 0.1) is 5.92 Å². The maximum atomic E-state index is 5.32. The minimum absolute atomic E-state index is 0.530. The van der Waals surface area contributed by atoms with Gasteiger partial charge in [-0.25, -0.2) is 0 Å². The van der Waals surface area contributed by atoms with Crippen molar-refractivity contribution >= 4 is 0 Å². The first-order valence-electron chi connectivity index (χ1n) is 7.83. The van der Waals surface area contributed by atoms with Crippen LogP contribution in [0.2, 0.25) is 0 Å². The van der Waals surface area contributed by atoms with Crippen molar-refractivity contribution in [2.24, 2.45) is 5.92 Å². The number of rotatable bonds is 6. The van der Waals surface area contributed by atoms with E-state index in [4.69, 9.17) is 4.74 Å². The predicted molar refractivity (Wildman–Crippen MR) is 75.9 cm³/mol. The summed E-state index contributed by atoms with van der Waals surface area (Å²) in [5.74, 6) is 0.840. The summed E-state index contributed by atoms with van der Waals surface area (Å²) in [7, 11) is 1.81. The Balaban J connectivity index is 1.89. The molecular weight excluding hydrogens is 224 g/mol. The Labute approximate surface area is 112 Å². The smallest absolute Gasteiger partial charge is 0.0615 e. The Kier molecular flexibility index (Phi) is 5.93. The van der Waals surface area contributed by atoms with E-state index in [0.717, 1.165) is 25.0 Å². The lowest BCUT2D eigenvalue weighted by Gasteiger charge is -2.38. The van der Waals surface area contributed by atoms with E-state index in [-0.39, 0.29) is 0 Å². The Morgan fingerprint density at radius 1 is 1.22 bits per heavy atom. The zero-order valence-electron chi connectivity index (χ0n) is 12.1. The topological polar surface area (TPSA) is 33.3 Å². The molecule has 2 fully saturated rings. The van der Waals surface area contributed by atoms with Crippen molar-refractivity contribution in [3.8, 4) is 0 Å². The standard InChI is InChI=1S/C15H30N2O/c1-3-12(11-18-2)17-15-8-5-4-7-13(15)14-9-6-10-16-14/h12-17H,3-11H2,1-2H3. The number of nitrogens with one attached hydrogen (secondary N) is 2.